The summed E-state index contributed by atoms with van der Waals surface area (Å²) in [4.78, 5) is 13.2. The molecule has 6 rings (SSSR count). The zero-order chi connectivity index (χ0) is 19.5. The van der Waals surface area contributed by atoms with Crippen molar-refractivity contribution in [1.29, 1.82) is 0 Å². The Morgan fingerprint density at radius 2 is 1.75 bits per heavy atom. The van der Waals surface area contributed by atoms with E-state index in [1.807, 2.05) is 6.92 Å². The third kappa shape index (κ3) is 1.84. The number of aliphatic hydroxyl groups excluding tert-OH is 1. The number of hydrogen-bond donors (Lipinski definition) is 1. The summed E-state index contributed by atoms with van der Waals surface area (Å²) in [5, 5.41) is 10.4. The predicted octanol–water partition coefficient (Wildman–Crippen LogP) is 4.90. The van der Waals surface area contributed by atoms with Crippen molar-refractivity contribution >= 4 is 5.78 Å². The first-order chi connectivity index (χ1) is 13.3. The second kappa shape index (κ2) is 5.44. The van der Waals surface area contributed by atoms with E-state index in [4.69, 9.17) is 4.74 Å². The quantitative estimate of drug-likeness (QED) is 0.652. The van der Waals surface area contributed by atoms with Gasteiger partial charge in [0.25, 0.3) is 0 Å². The molecule has 5 aliphatic carbocycles. The monoisotopic (exact) mass is 386 g/mol. The lowest BCUT2D eigenvalue weighted by Crippen LogP contribution is -2.60. The fourth-order valence-electron chi connectivity index (χ4n) is 10.5. The van der Waals surface area contributed by atoms with Gasteiger partial charge in [-0.1, -0.05) is 26.7 Å². The van der Waals surface area contributed by atoms with Crippen LogP contribution < -0.4 is 0 Å². The van der Waals surface area contributed by atoms with Crippen LogP contribution in [0.2, 0.25) is 0 Å². The normalized spacial score (nSPS) is 62.0. The largest absolute Gasteiger partial charge is 0.393 e. The number of rotatable bonds is 1. The van der Waals surface area contributed by atoms with Crippen molar-refractivity contribution in [3.63, 3.8) is 0 Å². The van der Waals surface area contributed by atoms with Gasteiger partial charge in [-0.3, -0.25) is 4.79 Å². The van der Waals surface area contributed by atoms with Gasteiger partial charge in [-0.2, -0.15) is 0 Å². The first-order valence-corrected chi connectivity index (χ1v) is 12.2. The molecule has 5 saturated carbocycles. The molecule has 0 aromatic heterocycles. The third-order valence-electron chi connectivity index (χ3n) is 11.7. The van der Waals surface area contributed by atoms with Gasteiger partial charge < -0.3 is 9.84 Å². The van der Waals surface area contributed by atoms with Crippen molar-refractivity contribution in [2.45, 2.75) is 109 Å². The number of carbonyl (C=O) groups is 1. The molecule has 0 aromatic carbocycles. The Balaban J connectivity index is 1.40. The maximum atomic E-state index is 13.2. The number of carbonyl (C=O) groups excluding carboxylic acids is 1. The summed E-state index contributed by atoms with van der Waals surface area (Å²) in [5.74, 6) is 3.27. The summed E-state index contributed by atoms with van der Waals surface area (Å²) in [6, 6.07) is 0. The molecule has 6 unspecified atom stereocenters. The molecule has 0 amide bonds. The molecule has 3 nitrogen and oxygen atoms in total. The van der Waals surface area contributed by atoms with Crippen molar-refractivity contribution in [2.24, 2.45) is 39.9 Å². The van der Waals surface area contributed by atoms with Crippen molar-refractivity contribution < 1.29 is 14.6 Å². The Morgan fingerprint density at radius 3 is 2.54 bits per heavy atom. The molecule has 6 fully saturated rings. The van der Waals surface area contributed by atoms with Crippen LogP contribution in [0.4, 0.5) is 0 Å². The van der Waals surface area contributed by atoms with Gasteiger partial charge in [0.05, 0.1) is 12.2 Å². The molecule has 1 spiro atoms. The van der Waals surface area contributed by atoms with Crippen molar-refractivity contribution in [2.75, 3.05) is 0 Å². The minimum Gasteiger partial charge on any atom is -0.393 e. The average molecular weight is 387 g/mol. The lowest BCUT2D eigenvalue weighted by atomic mass is 9.42. The highest BCUT2D eigenvalue weighted by atomic mass is 16.6. The Bertz CT molecular complexity index is 719. The third-order valence-corrected chi connectivity index (χ3v) is 11.7. The molecule has 1 saturated heterocycles. The van der Waals surface area contributed by atoms with E-state index >= 15 is 0 Å². The van der Waals surface area contributed by atoms with Crippen LogP contribution in [0.1, 0.15) is 91.4 Å². The van der Waals surface area contributed by atoms with Crippen LogP contribution in [0.15, 0.2) is 0 Å². The van der Waals surface area contributed by atoms with E-state index in [-0.39, 0.29) is 27.9 Å². The fraction of sp³-hybridized carbons (Fsp3) is 0.960. The predicted molar refractivity (Wildman–Crippen MR) is 108 cm³/mol. The second-order valence-electron chi connectivity index (χ2n) is 12.1. The summed E-state index contributed by atoms with van der Waals surface area (Å²) in [5.41, 5.74) is 0.371. The van der Waals surface area contributed by atoms with Gasteiger partial charge in [0.2, 0.25) is 0 Å². The van der Waals surface area contributed by atoms with E-state index in [2.05, 4.69) is 13.8 Å². The molecule has 0 radical (unpaired) electrons. The van der Waals surface area contributed by atoms with Gasteiger partial charge in [0.15, 0.2) is 0 Å². The highest BCUT2D eigenvalue weighted by Gasteiger charge is 2.77. The van der Waals surface area contributed by atoms with Gasteiger partial charge in [-0.15, -0.1) is 0 Å². The van der Waals surface area contributed by atoms with Gasteiger partial charge in [0, 0.05) is 17.3 Å². The summed E-state index contributed by atoms with van der Waals surface area (Å²) < 4.78 is 6.48. The number of aliphatic hydroxyl groups is 1. The van der Waals surface area contributed by atoms with Crippen LogP contribution >= 0.6 is 0 Å². The van der Waals surface area contributed by atoms with Gasteiger partial charge in [-0.25, -0.2) is 0 Å². The minimum atomic E-state index is -0.168. The van der Waals surface area contributed by atoms with E-state index < -0.39 is 0 Å². The van der Waals surface area contributed by atoms with Crippen LogP contribution in [0, 0.1) is 39.9 Å². The molecule has 1 aliphatic heterocycles. The van der Waals surface area contributed by atoms with E-state index in [0.29, 0.717) is 23.7 Å². The Hall–Kier alpha value is -0.410. The molecule has 28 heavy (non-hydrogen) atoms. The lowest BCUT2D eigenvalue weighted by molar-refractivity contribution is -0.154. The first kappa shape index (κ1) is 18.4. The average Bonchev–Trinajstić information content (AvgIpc) is 3.27. The van der Waals surface area contributed by atoms with Crippen LogP contribution in [-0.2, 0) is 9.53 Å². The maximum absolute atomic E-state index is 13.2. The number of fused-ring (bicyclic) bond motifs is 6. The van der Waals surface area contributed by atoms with Crippen molar-refractivity contribution in [3.05, 3.63) is 0 Å². The highest BCUT2D eigenvalue weighted by molar-refractivity contribution is 5.84. The SMILES string of the molecule is CC(=O)C12CCCCC1CC1C3C[C@H]4O[C@]45CC(O)CC[C@]5(C)C3CC[C@@]12C. The molecular weight excluding hydrogens is 348 g/mol. The Morgan fingerprint density at radius 1 is 0.964 bits per heavy atom. The van der Waals surface area contributed by atoms with Crippen LogP contribution in [0.25, 0.3) is 0 Å². The number of Topliss-reactive ketones (excluding diaryl/α,β-unsaturated/α-hetero) is 1. The van der Waals surface area contributed by atoms with Crippen molar-refractivity contribution in [1.82, 2.24) is 0 Å². The number of hydrogen-bond acceptors (Lipinski definition) is 3. The summed E-state index contributed by atoms with van der Waals surface area (Å²) in [6.45, 7) is 6.93. The van der Waals surface area contributed by atoms with Crippen LogP contribution in [0.5, 0.6) is 0 Å². The molecule has 1 heterocycles. The molecule has 1 N–H and O–H groups in total. The molecule has 3 heteroatoms. The zero-order valence-corrected chi connectivity index (χ0v) is 18.0. The fourth-order valence-corrected chi connectivity index (χ4v) is 10.5. The van der Waals surface area contributed by atoms with Gasteiger partial charge in [-0.05, 0) is 87.4 Å². The zero-order valence-electron chi connectivity index (χ0n) is 18.0. The molecule has 6 aliphatic rings. The van der Waals surface area contributed by atoms with Crippen molar-refractivity contribution in [3.8, 4) is 0 Å². The smallest absolute Gasteiger partial charge is 0.136 e. The highest BCUT2D eigenvalue weighted by Crippen LogP contribution is 2.77. The number of ether oxygens (including phenoxy) is 1. The second-order valence-corrected chi connectivity index (χ2v) is 12.1. The molecule has 0 bridgehead atoms. The first-order valence-electron chi connectivity index (χ1n) is 12.2. The number of epoxide rings is 1. The number of ketones is 1. The Labute approximate surface area is 170 Å². The van der Waals surface area contributed by atoms with Crippen LogP contribution in [0.3, 0.4) is 0 Å². The van der Waals surface area contributed by atoms with E-state index in [1.54, 1.807) is 0 Å². The van der Waals surface area contributed by atoms with E-state index in [1.165, 1.54) is 44.9 Å². The summed E-state index contributed by atoms with van der Waals surface area (Å²) >= 11 is 0. The molecule has 10 atom stereocenters. The minimum absolute atomic E-state index is 0.0246. The standard InChI is InChI=1S/C25H38O3/c1-15(26)24-9-5-4-6-16(24)12-20-18-13-21-25(28-21)14-17(27)7-10-23(25,3)19(18)8-11-22(20,24)2/h16-21,27H,4-14H2,1-3H3/t16?,17?,18?,19?,20?,21-,22+,23-,24?,25-/m1/s1. The van der Waals surface area contributed by atoms with Crippen LogP contribution in [-0.4, -0.2) is 28.7 Å². The van der Waals surface area contributed by atoms with Gasteiger partial charge in [0.1, 0.15) is 11.4 Å². The summed E-state index contributed by atoms with van der Waals surface area (Å²) in [7, 11) is 0. The Kier molecular flexibility index (Phi) is 3.57. The molecular formula is C25H38O3. The van der Waals surface area contributed by atoms with Gasteiger partial charge >= 0.3 is 0 Å². The maximum Gasteiger partial charge on any atom is 0.136 e. The van der Waals surface area contributed by atoms with E-state index in [0.717, 1.165) is 37.5 Å². The van der Waals surface area contributed by atoms with E-state index in [9.17, 15) is 9.90 Å². The topological polar surface area (TPSA) is 49.8 Å². The summed E-state index contributed by atoms with van der Waals surface area (Å²) in [6.07, 6.45) is 13.1. The molecule has 0 aromatic rings. The lowest BCUT2D eigenvalue weighted by Gasteiger charge is -2.61. The molecule has 156 valence electrons.